The zero-order chi connectivity index (χ0) is 21.1. The molecule has 1 heterocycles. The maximum atomic E-state index is 13.5. The number of methoxy groups -OCH3 is 1. The fourth-order valence-corrected chi connectivity index (χ4v) is 6.29. The second kappa shape index (κ2) is 8.56. The van der Waals surface area contributed by atoms with E-state index in [9.17, 15) is 13.7 Å². The van der Waals surface area contributed by atoms with Gasteiger partial charge in [-0.3, -0.25) is 5.32 Å². The smallest absolute Gasteiger partial charge is 0.180 e. The Kier molecular flexibility index (Phi) is 6.30. The normalized spacial score (nSPS) is 22.9. The first-order chi connectivity index (χ1) is 13.9. The third-order valence-electron chi connectivity index (χ3n) is 5.83. The summed E-state index contributed by atoms with van der Waals surface area (Å²) in [5.74, 6) is 0.408. The molecule has 0 aliphatic carbocycles. The highest BCUT2D eigenvalue weighted by Gasteiger charge is 2.42. The molecular weight excluding hydrogens is 384 g/mol. The lowest BCUT2D eigenvalue weighted by atomic mass is 9.88. The highest BCUT2D eigenvalue weighted by Crippen LogP contribution is 2.40. The lowest BCUT2D eigenvalue weighted by molar-refractivity contribution is 0.294. The number of hydrogen-bond acceptors (Lipinski definition) is 5. The molecule has 0 spiro atoms. The van der Waals surface area contributed by atoms with Crippen LogP contribution in [-0.4, -0.2) is 26.8 Å². The molecule has 0 fully saturated rings. The van der Waals surface area contributed by atoms with Crippen LogP contribution in [0.3, 0.4) is 0 Å². The van der Waals surface area contributed by atoms with Crippen LogP contribution in [0, 0.1) is 11.3 Å². The molecule has 29 heavy (non-hydrogen) atoms. The van der Waals surface area contributed by atoms with Crippen LogP contribution in [-0.2, 0) is 9.84 Å². The Labute approximate surface area is 173 Å². The van der Waals surface area contributed by atoms with Crippen molar-refractivity contribution < 1.29 is 13.2 Å². The van der Waals surface area contributed by atoms with Gasteiger partial charge in [-0.2, -0.15) is 5.26 Å². The lowest BCUT2D eigenvalue weighted by Crippen LogP contribution is -2.50. The summed E-state index contributed by atoms with van der Waals surface area (Å²) in [5.41, 5.74) is 1.33. The van der Waals surface area contributed by atoms with Crippen LogP contribution in [0.25, 0.3) is 0 Å². The van der Waals surface area contributed by atoms with E-state index in [1.807, 2.05) is 37.3 Å². The predicted molar refractivity (Wildman–Crippen MR) is 114 cm³/mol. The van der Waals surface area contributed by atoms with Gasteiger partial charge in [0.05, 0.1) is 29.4 Å². The summed E-state index contributed by atoms with van der Waals surface area (Å²) in [6.45, 7) is 4.15. The van der Waals surface area contributed by atoms with Gasteiger partial charge in [0.25, 0.3) is 0 Å². The Bertz CT molecular complexity index is 1010. The molecule has 0 amide bonds. The van der Waals surface area contributed by atoms with Crippen LogP contribution < -0.4 is 10.1 Å². The number of ether oxygens (including phenoxy) is 1. The van der Waals surface area contributed by atoms with Gasteiger partial charge in [-0.25, -0.2) is 8.42 Å². The Balaban J connectivity index is 2.29. The molecule has 154 valence electrons. The highest BCUT2D eigenvalue weighted by molar-refractivity contribution is 7.91. The maximum absolute atomic E-state index is 13.5. The van der Waals surface area contributed by atoms with E-state index in [-0.39, 0.29) is 22.3 Å². The third kappa shape index (κ3) is 4.17. The van der Waals surface area contributed by atoms with E-state index < -0.39 is 15.4 Å². The average Bonchev–Trinajstić information content (AvgIpc) is 2.84. The highest BCUT2D eigenvalue weighted by atomic mass is 32.2. The van der Waals surface area contributed by atoms with Gasteiger partial charge in [0.15, 0.2) is 9.84 Å². The summed E-state index contributed by atoms with van der Waals surface area (Å²) in [5, 5.41) is 13.2. The van der Waals surface area contributed by atoms with E-state index >= 15 is 0 Å². The largest absolute Gasteiger partial charge is 0.495 e. The average molecular weight is 413 g/mol. The van der Waals surface area contributed by atoms with Crippen molar-refractivity contribution >= 4 is 9.84 Å². The van der Waals surface area contributed by atoms with Crippen molar-refractivity contribution in [1.29, 1.82) is 5.26 Å². The van der Waals surface area contributed by atoms with Gasteiger partial charge in [-0.15, -0.1) is 0 Å². The summed E-state index contributed by atoms with van der Waals surface area (Å²) in [6, 6.07) is 14.8. The van der Waals surface area contributed by atoms with E-state index in [2.05, 4.69) is 18.3 Å². The molecule has 6 heteroatoms. The number of hydrogen-bond donors (Lipinski definition) is 1. The lowest BCUT2D eigenvalue weighted by Gasteiger charge is -2.36. The molecule has 0 saturated carbocycles. The zero-order valence-corrected chi connectivity index (χ0v) is 18.1. The molecule has 1 aliphatic rings. The molecule has 0 radical (unpaired) electrons. The fourth-order valence-electron chi connectivity index (χ4n) is 4.14. The minimum absolute atomic E-state index is 0.0179. The van der Waals surface area contributed by atoms with Gasteiger partial charge in [0.2, 0.25) is 0 Å². The molecule has 1 N–H and O–H groups in total. The number of nitriles is 1. The summed E-state index contributed by atoms with van der Waals surface area (Å²) in [4.78, 5) is 0.225. The quantitative estimate of drug-likeness (QED) is 0.762. The molecule has 2 atom stereocenters. The van der Waals surface area contributed by atoms with Gasteiger partial charge in [-0.1, -0.05) is 57.0 Å². The number of sulfone groups is 1. The fraction of sp³-hybridized carbons (Fsp3) is 0.435. The number of fused-ring (bicyclic) bond motifs is 1. The summed E-state index contributed by atoms with van der Waals surface area (Å²) >= 11 is 0. The number of unbranched alkanes of at least 4 members (excludes halogenated alkanes) is 1. The molecular formula is C23H28N2O3S. The second-order valence-corrected chi connectivity index (χ2v) is 9.64. The van der Waals surface area contributed by atoms with Crippen LogP contribution in [0.2, 0.25) is 0 Å². The minimum Gasteiger partial charge on any atom is -0.495 e. The molecule has 1 aliphatic heterocycles. The summed E-state index contributed by atoms with van der Waals surface area (Å²) in [6.07, 6.45) is 3.42. The zero-order valence-electron chi connectivity index (χ0n) is 17.2. The number of rotatable bonds is 6. The van der Waals surface area contributed by atoms with Crippen molar-refractivity contribution in [2.45, 2.75) is 56.0 Å². The van der Waals surface area contributed by atoms with Crippen molar-refractivity contribution in [3.63, 3.8) is 0 Å². The van der Waals surface area contributed by atoms with Crippen molar-refractivity contribution in [3.8, 4) is 11.8 Å². The van der Waals surface area contributed by atoms with Gasteiger partial charge in [0.1, 0.15) is 11.8 Å². The van der Waals surface area contributed by atoms with Crippen molar-refractivity contribution in [3.05, 3.63) is 59.2 Å². The van der Waals surface area contributed by atoms with E-state index in [0.29, 0.717) is 17.7 Å². The minimum atomic E-state index is -3.60. The Morgan fingerprint density at radius 1 is 1.24 bits per heavy atom. The Morgan fingerprint density at radius 2 is 1.97 bits per heavy atom. The molecule has 0 aromatic heterocycles. The van der Waals surface area contributed by atoms with Gasteiger partial charge >= 0.3 is 0 Å². The number of nitrogens with one attached hydrogen (secondary N) is 1. The topological polar surface area (TPSA) is 79.2 Å². The van der Waals surface area contributed by atoms with Crippen LogP contribution in [0.5, 0.6) is 5.75 Å². The van der Waals surface area contributed by atoms with E-state index in [1.165, 1.54) is 13.2 Å². The Morgan fingerprint density at radius 3 is 2.55 bits per heavy atom. The SMILES string of the molecule is CCCCC1(CC)CS(=O)(=O)c2cc(C#N)c(OC)cc2C(c2ccccc2)N1. The van der Waals surface area contributed by atoms with Crippen LogP contribution in [0.1, 0.15) is 62.3 Å². The molecule has 2 aromatic carbocycles. The van der Waals surface area contributed by atoms with Crippen molar-refractivity contribution in [2.24, 2.45) is 0 Å². The number of benzene rings is 2. The van der Waals surface area contributed by atoms with E-state index in [1.54, 1.807) is 6.07 Å². The van der Waals surface area contributed by atoms with Crippen LogP contribution in [0.4, 0.5) is 0 Å². The number of nitrogens with zero attached hydrogens (tertiary/aromatic N) is 1. The Hall–Kier alpha value is -2.36. The van der Waals surface area contributed by atoms with Gasteiger partial charge < -0.3 is 4.74 Å². The van der Waals surface area contributed by atoms with E-state index in [0.717, 1.165) is 24.8 Å². The first-order valence-corrected chi connectivity index (χ1v) is 11.7. The first-order valence-electron chi connectivity index (χ1n) is 10.1. The van der Waals surface area contributed by atoms with Crippen molar-refractivity contribution in [2.75, 3.05) is 12.9 Å². The van der Waals surface area contributed by atoms with Crippen molar-refractivity contribution in [1.82, 2.24) is 5.32 Å². The third-order valence-corrected chi connectivity index (χ3v) is 7.79. The monoisotopic (exact) mass is 412 g/mol. The maximum Gasteiger partial charge on any atom is 0.180 e. The van der Waals surface area contributed by atoms with E-state index in [4.69, 9.17) is 4.74 Å². The summed E-state index contributed by atoms with van der Waals surface area (Å²) in [7, 11) is -2.10. The van der Waals surface area contributed by atoms with Gasteiger partial charge in [-0.05, 0) is 36.1 Å². The standard InChI is InChI=1S/C23H28N2O3S/c1-4-6-12-23(5-2)16-29(26,27)21-13-18(15-24)20(28-3)14-19(21)22(25-23)17-10-8-7-9-11-17/h7-11,13-14,22,25H,4-6,12,16H2,1-3H3. The first kappa shape index (κ1) is 21.4. The predicted octanol–water partition coefficient (Wildman–Crippen LogP) is 4.37. The van der Waals surface area contributed by atoms with Gasteiger partial charge in [0, 0.05) is 5.54 Å². The molecule has 3 rings (SSSR count). The molecule has 5 nitrogen and oxygen atoms in total. The van der Waals surface area contributed by atoms with Crippen LogP contribution in [0.15, 0.2) is 47.4 Å². The molecule has 2 unspecified atom stereocenters. The second-order valence-electron chi connectivity index (χ2n) is 7.69. The summed E-state index contributed by atoms with van der Waals surface area (Å²) < 4.78 is 32.4. The molecule has 2 aromatic rings. The molecule has 0 saturated heterocycles. The van der Waals surface area contributed by atoms with Crippen LogP contribution >= 0.6 is 0 Å². The molecule has 0 bridgehead atoms.